The first-order valence-corrected chi connectivity index (χ1v) is 11.1. The van der Waals surface area contributed by atoms with Gasteiger partial charge >= 0.3 is 0 Å². The molecule has 3 heterocycles. The van der Waals surface area contributed by atoms with E-state index in [0.717, 1.165) is 29.1 Å². The normalized spacial score (nSPS) is 23.6. The zero-order chi connectivity index (χ0) is 20.7. The highest BCUT2D eigenvalue weighted by Crippen LogP contribution is 2.45. The van der Waals surface area contributed by atoms with Gasteiger partial charge in [-0.25, -0.2) is 18.7 Å². The molecule has 1 aliphatic heterocycles. The van der Waals surface area contributed by atoms with Crippen LogP contribution >= 0.6 is 11.3 Å². The number of aromatic nitrogens is 2. The summed E-state index contributed by atoms with van der Waals surface area (Å²) in [5, 5.41) is 14.0. The number of anilines is 3. The largest absolute Gasteiger partial charge is 0.484 e. The van der Waals surface area contributed by atoms with Crippen molar-refractivity contribution in [3.63, 3.8) is 0 Å². The summed E-state index contributed by atoms with van der Waals surface area (Å²) in [6.45, 7) is 2.59. The van der Waals surface area contributed by atoms with Gasteiger partial charge in [-0.2, -0.15) is 0 Å². The maximum Gasteiger partial charge on any atom is 0.255 e. The van der Waals surface area contributed by atoms with Gasteiger partial charge in [-0.3, -0.25) is 0 Å². The van der Waals surface area contributed by atoms with E-state index in [1.807, 2.05) is 6.07 Å². The Balaban J connectivity index is 1.44. The summed E-state index contributed by atoms with van der Waals surface area (Å²) < 4.78 is 38.3. The summed E-state index contributed by atoms with van der Waals surface area (Å²) >= 11 is 1.49. The third-order valence-corrected chi connectivity index (χ3v) is 6.77. The number of rotatable bonds is 5. The molecule has 10 heteroatoms. The van der Waals surface area contributed by atoms with Crippen molar-refractivity contribution in [3.8, 4) is 5.75 Å². The third-order valence-electron chi connectivity index (χ3n) is 5.72. The zero-order valence-corrected chi connectivity index (χ0v) is 17.3. The molecule has 0 amide bonds. The molecule has 1 saturated heterocycles. The van der Waals surface area contributed by atoms with Crippen LogP contribution < -0.4 is 15.0 Å². The molecule has 2 aromatic heterocycles. The van der Waals surface area contributed by atoms with E-state index in [-0.39, 0.29) is 12.8 Å². The van der Waals surface area contributed by atoms with Gasteiger partial charge in [0, 0.05) is 37.0 Å². The Hall–Kier alpha value is -2.04. The van der Waals surface area contributed by atoms with Crippen molar-refractivity contribution in [2.75, 3.05) is 36.5 Å². The number of pyridine rings is 1. The van der Waals surface area contributed by atoms with Crippen molar-refractivity contribution >= 4 is 28.0 Å². The van der Waals surface area contributed by atoms with Crippen LogP contribution in [-0.4, -0.2) is 53.4 Å². The van der Waals surface area contributed by atoms with Crippen LogP contribution in [0.5, 0.6) is 5.75 Å². The number of fused-ring (bicyclic) bond motifs is 1. The van der Waals surface area contributed by atoms with Crippen LogP contribution in [0.3, 0.4) is 0 Å². The summed E-state index contributed by atoms with van der Waals surface area (Å²) in [4.78, 5) is 12.2. The van der Waals surface area contributed by atoms with E-state index in [1.54, 1.807) is 6.20 Å². The Bertz CT molecular complexity index is 911. The Morgan fingerprint density at radius 3 is 2.83 bits per heavy atom. The molecule has 1 saturated carbocycles. The fraction of sp³-hybridized carbons (Fsp3) is 0.600. The maximum absolute atomic E-state index is 13.4. The molecule has 2 aromatic rings. The van der Waals surface area contributed by atoms with E-state index in [1.165, 1.54) is 11.3 Å². The average molecular weight is 439 g/mol. The number of halogens is 2. The van der Waals surface area contributed by atoms with Crippen LogP contribution in [0, 0.1) is 0 Å². The van der Waals surface area contributed by atoms with E-state index < -0.39 is 18.1 Å². The van der Waals surface area contributed by atoms with Crippen molar-refractivity contribution in [3.05, 3.63) is 22.8 Å². The second-order valence-corrected chi connectivity index (χ2v) is 9.06. The van der Waals surface area contributed by atoms with Gasteiger partial charge in [-0.1, -0.05) is 0 Å². The van der Waals surface area contributed by atoms with Crippen molar-refractivity contribution in [1.82, 2.24) is 9.97 Å². The molecule has 3 aliphatic rings. The van der Waals surface area contributed by atoms with E-state index in [9.17, 15) is 13.9 Å². The molecule has 2 fully saturated rings. The Labute approximate surface area is 177 Å². The summed E-state index contributed by atoms with van der Waals surface area (Å²) in [5.41, 5.74) is 1.53. The van der Waals surface area contributed by atoms with E-state index >= 15 is 0 Å². The zero-order valence-electron chi connectivity index (χ0n) is 16.4. The molecule has 162 valence electrons. The molecular weight excluding hydrogens is 414 g/mol. The lowest BCUT2D eigenvalue weighted by atomic mass is 9.91. The third kappa shape index (κ3) is 3.95. The van der Waals surface area contributed by atoms with Gasteiger partial charge in [-0.05, 0) is 25.3 Å². The summed E-state index contributed by atoms with van der Waals surface area (Å²) in [7, 11) is 0. The highest BCUT2D eigenvalue weighted by Gasteiger charge is 2.47. The molecule has 5 rings (SSSR count). The molecule has 2 aliphatic carbocycles. The molecule has 7 nitrogen and oxygen atoms in total. The Morgan fingerprint density at radius 1 is 1.30 bits per heavy atom. The fourth-order valence-electron chi connectivity index (χ4n) is 4.10. The molecule has 0 spiro atoms. The monoisotopic (exact) mass is 438 g/mol. The number of nitrogens with zero attached hydrogens (tertiary/aromatic N) is 3. The van der Waals surface area contributed by atoms with Crippen LogP contribution in [0.2, 0.25) is 0 Å². The molecule has 1 unspecified atom stereocenters. The minimum absolute atomic E-state index is 0.290. The number of hydrogen-bond acceptors (Lipinski definition) is 8. The molecule has 30 heavy (non-hydrogen) atoms. The van der Waals surface area contributed by atoms with Crippen LogP contribution in [0.25, 0.3) is 0 Å². The van der Waals surface area contributed by atoms with Crippen LogP contribution in [0.1, 0.15) is 42.4 Å². The minimum Gasteiger partial charge on any atom is -0.484 e. The highest BCUT2D eigenvalue weighted by atomic mass is 32.1. The Morgan fingerprint density at radius 2 is 2.10 bits per heavy atom. The number of thiazole rings is 1. The lowest BCUT2D eigenvalue weighted by Gasteiger charge is -2.37. The highest BCUT2D eigenvalue weighted by molar-refractivity contribution is 7.15. The van der Waals surface area contributed by atoms with Crippen LogP contribution in [0.4, 0.5) is 25.4 Å². The second kappa shape index (κ2) is 7.90. The molecular formula is C20H24F2N4O3S. The molecule has 1 atom stereocenters. The van der Waals surface area contributed by atoms with Crippen LogP contribution in [-0.2, 0) is 11.2 Å². The molecule has 2 N–H and O–H groups in total. The number of ether oxygens (including phenoxy) is 2. The number of alkyl halides is 2. The van der Waals surface area contributed by atoms with Crippen molar-refractivity contribution in [2.24, 2.45) is 0 Å². The number of aliphatic hydroxyl groups excluding tert-OH is 1. The standard InChI is InChI=1S/C20H24F2N4O3S/c21-20(22)10-12(11-20)29-17-13(26-6-8-28-9-7-26)4-5-23-18(17)25-19-24-16-14(27)2-1-3-15(16)30-19/h4-5,12,14,27H,1-3,6-11H2,(H,23,24,25). The molecule has 0 radical (unpaired) electrons. The smallest absolute Gasteiger partial charge is 0.255 e. The number of nitrogens with one attached hydrogen (secondary N) is 1. The predicted molar refractivity (Wildman–Crippen MR) is 109 cm³/mol. The lowest BCUT2D eigenvalue weighted by Crippen LogP contribution is -2.43. The SMILES string of the molecule is OC1CCCc2sc(Nc3nccc(N4CCOCC4)c3OC3CC(F)(F)C3)nc21. The summed E-state index contributed by atoms with van der Waals surface area (Å²) in [5.74, 6) is -1.74. The second-order valence-electron chi connectivity index (χ2n) is 7.97. The van der Waals surface area contributed by atoms with Gasteiger partial charge in [0.1, 0.15) is 6.10 Å². The summed E-state index contributed by atoms with van der Waals surface area (Å²) in [6, 6.07) is 1.85. The number of hydrogen-bond donors (Lipinski definition) is 2. The van der Waals surface area contributed by atoms with Gasteiger partial charge in [0.05, 0.1) is 30.7 Å². The number of morpholine rings is 1. The molecule has 0 bridgehead atoms. The van der Waals surface area contributed by atoms with Gasteiger partial charge < -0.3 is 24.8 Å². The summed E-state index contributed by atoms with van der Waals surface area (Å²) in [6.07, 6.45) is 2.56. The van der Waals surface area contributed by atoms with E-state index in [2.05, 4.69) is 20.2 Å². The fourth-order valence-corrected chi connectivity index (χ4v) is 5.16. The first-order chi connectivity index (χ1) is 14.5. The number of aliphatic hydroxyl groups is 1. The number of aryl methyl sites for hydroxylation is 1. The van der Waals surface area contributed by atoms with Crippen molar-refractivity contribution in [1.29, 1.82) is 0 Å². The first-order valence-electron chi connectivity index (χ1n) is 10.3. The van der Waals surface area contributed by atoms with Crippen LogP contribution in [0.15, 0.2) is 12.3 Å². The first kappa shape index (κ1) is 19.9. The maximum atomic E-state index is 13.4. The molecule has 0 aromatic carbocycles. The lowest BCUT2D eigenvalue weighted by molar-refractivity contribution is -0.134. The van der Waals surface area contributed by atoms with Gasteiger partial charge in [0.15, 0.2) is 16.7 Å². The van der Waals surface area contributed by atoms with E-state index in [4.69, 9.17) is 9.47 Å². The van der Waals surface area contributed by atoms with E-state index in [0.29, 0.717) is 49.4 Å². The van der Waals surface area contributed by atoms with Gasteiger partial charge in [-0.15, -0.1) is 11.3 Å². The van der Waals surface area contributed by atoms with Crippen molar-refractivity contribution < 1.29 is 23.4 Å². The van der Waals surface area contributed by atoms with Gasteiger partial charge in [0.2, 0.25) is 0 Å². The quantitative estimate of drug-likeness (QED) is 0.737. The van der Waals surface area contributed by atoms with Crippen molar-refractivity contribution in [2.45, 2.75) is 50.2 Å². The minimum atomic E-state index is -2.66. The average Bonchev–Trinajstić information content (AvgIpc) is 3.12. The van der Waals surface area contributed by atoms with Gasteiger partial charge in [0.25, 0.3) is 5.92 Å². The topological polar surface area (TPSA) is 79.7 Å². The Kier molecular flexibility index (Phi) is 5.24. The predicted octanol–water partition coefficient (Wildman–Crippen LogP) is 3.66.